The lowest BCUT2D eigenvalue weighted by atomic mass is 9.51. The van der Waals surface area contributed by atoms with Crippen molar-refractivity contribution >= 4 is 11.8 Å². The van der Waals surface area contributed by atoms with Gasteiger partial charge in [-0.05, 0) is 54.4 Å². The number of hydrogen-bond donors (Lipinski definition) is 2. The summed E-state index contributed by atoms with van der Waals surface area (Å²) in [6.07, 6.45) is 3.68. The molecule has 3 fully saturated rings. The molecule has 3 aliphatic rings. The molecular formula is C27H40N2O4. The summed E-state index contributed by atoms with van der Waals surface area (Å²) < 4.78 is 5.40. The Hall–Kier alpha value is -1.92. The van der Waals surface area contributed by atoms with Gasteiger partial charge in [0.1, 0.15) is 0 Å². The van der Waals surface area contributed by atoms with Gasteiger partial charge in [0.2, 0.25) is 11.8 Å². The van der Waals surface area contributed by atoms with Gasteiger partial charge in [-0.15, -0.1) is 0 Å². The van der Waals surface area contributed by atoms with E-state index in [0.717, 1.165) is 31.2 Å². The van der Waals surface area contributed by atoms with Crippen LogP contribution in [0.25, 0.3) is 0 Å². The highest BCUT2D eigenvalue weighted by Gasteiger charge is 2.54. The summed E-state index contributed by atoms with van der Waals surface area (Å²) in [5, 5.41) is 14.9. The summed E-state index contributed by atoms with van der Waals surface area (Å²) in [5.41, 5.74) is 1.06. The molecular weight excluding hydrogens is 416 g/mol. The van der Waals surface area contributed by atoms with Crippen LogP contribution >= 0.6 is 0 Å². The van der Waals surface area contributed by atoms with Crippen LogP contribution in [0.5, 0.6) is 0 Å². The van der Waals surface area contributed by atoms with Crippen LogP contribution in [0.1, 0.15) is 52.0 Å². The minimum Gasteiger partial charge on any atom is -0.392 e. The van der Waals surface area contributed by atoms with E-state index in [0.29, 0.717) is 32.7 Å². The second kappa shape index (κ2) is 10.1. The van der Waals surface area contributed by atoms with Gasteiger partial charge in [-0.3, -0.25) is 9.59 Å². The van der Waals surface area contributed by atoms with Crippen LogP contribution in [-0.4, -0.2) is 60.3 Å². The van der Waals surface area contributed by atoms with E-state index in [-0.39, 0.29) is 46.9 Å². The number of hydrogen-bond acceptors (Lipinski definition) is 4. The molecule has 7 atom stereocenters. The van der Waals surface area contributed by atoms with Gasteiger partial charge in [-0.2, -0.15) is 0 Å². The van der Waals surface area contributed by atoms with Crippen LogP contribution in [0.2, 0.25) is 0 Å². The number of aliphatic hydroxyl groups is 1. The predicted octanol–water partition coefficient (Wildman–Crippen LogP) is 3.03. The molecule has 6 heteroatoms. The van der Waals surface area contributed by atoms with Crippen LogP contribution in [0.3, 0.4) is 0 Å². The minimum absolute atomic E-state index is 0.0411. The van der Waals surface area contributed by atoms with E-state index in [1.807, 2.05) is 42.2 Å². The van der Waals surface area contributed by atoms with Gasteiger partial charge in [0.05, 0.1) is 25.7 Å². The van der Waals surface area contributed by atoms with Crippen molar-refractivity contribution in [3.63, 3.8) is 0 Å². The first-order valence-electron chi connectivity index (χ1n) is 12.7. The predicted molar refractivity (Wildman–Crippen MR) is 127 cm³/mol. The minimum atomic E-state index is -0.535. The Labute approximate surface area is 198 Å². The first-order chi connectivity index (χ1) is 15.8. The van der Waals surface area contributed by atoms with Gasteiger partial charge < -0.3 is 20.1 Å². The van der Waals surface area contributed by atoms with Crippen molar-refractivity contribution in [3.05, 3.63) is 35.9 Å². The van der Waals surface area contributed by atoms with Crippen molar-refractivity contribution < 1.29 is 19.4 Å². The van der Waals surface area contributed by atoms with E-state index in [1.54, 1.807) is 0 Å². The first kappa shape index (κ1) is 24.2. The number of carbonyl (C=O) groups excluding carboxylic acids is 2. The fourth-order valence-corrected chi connectivity index (χ4v) is 6.79. The van der Waals surface area contributed by atoms with Crippen LogP contribution in [-0.2, 0) is 20.7 Å². The molecule has 1 aliphatic heterocycles. The lowest BCUT2D eigenvalue weighted by Gasteiger charge is -2.56. The molecule has 0 aromatic heterocycles. The van der Waals surface area contributed by atoms with Gasteiger partial charge in [0.25, 0.3) is 0 Å². The summed E-state index contributed by atoms with van der Waals surface area (Å²) >= 11 is 0. The van der Waals surface area contributed by atoms with Crippen molar-refractivity contribution in [1.29, 1.82) is 0 Å². The number of carbonyl (C=O) groups is 2. The van der Waals surface area contributed by atoms with Crippen LogP contribution < -0.4 is 5.32 Å². The Morgan fingerprint density at radius 2 is 1.85 bits per heavy atom. The molecule has 0 spiro atoms. The van der Waals surface area contributed by atoms with Crippen molar-refractivity contribution in [3.8, 4) is 0 Å². The second-order valence-corrected chi connectivity index (χ2v) is 10.8. The number of fused-ring (bicyclic) bond motifs is 1. The molecule has 2 amide bonds. The standard InChI is InChI=1S/C27H40N2O4/c1-18(26(32)29-13-15-33-16-14-29)21-9-11-27(3)12-10-22(19(2)24(27)25(21)31)28-23(30)17-20-7-5-4-6-8-20/h4-8,18-19,21-22,24-25,31H,9-17H2,1-3H3,(H,28,30). The molecule has 182 valence electrons. The summed E-state index contributed by atoms with van der Waals surface area (Å²) in [6.45, 7) is 8.92. The molecule has 33 heavy (non-hydrogen) atoms. The highest BCUT2D eigenvalue weighted by atomic mass is 16.5. The lowest BCUT2D eigenvalue weighted by Crippen LogP contribution is -2.59. The van der Waals surface area contributed by atoms with E-state index >= 15 is 0 Å². The maximum Gasteiger partial charge on any atom is 0.225 e. The fraction of sp³-hybridized carbons (Fsp3) is 0.704. The van der Waals surface area contributed by atoms with Gasteiger partial charge in [-0.1, -0.05) is 51.1 Å². The highest BCUT2D eigenvalue weighted by Crippen LogP contribution is 2.55. The molecule has 1 aromatic rings. The molecule has 2 saturated carbocycles. The third-order valence-electron chi connectivity index (χ3n) is 8.80. The van der Waals surface area contributed by atoms with E-state index in [2.05, 4.69) is 19.2 Å². The number of aliphatic hydroxyl groups excluding tert-OH is 1. The van der Waals surface area contributed by atoms with Crippen LogP contribution in [0.4, 0.5) is 0 Å². The van der Waals surface area contributed by atoms with Crippen molar-refractivity contribution in [2.75, 3.05) is 26.3 Å². The maximum absolute atomic E-state index is 13.1. The largest absolute Gasteiger partial charge is 0.392 e. The number of nitrogens with one attached hydrogen (secondary N) is 1. The number of morpholine rings is 1. The second-order valence-electron chi connectivity index (χ2n) is 10.8. The van der Waals surface area contributed by atoms with Gasteiger partial charge in [-0.25, -0.2) is 0 Å². The maximum atomic E-state index is 13.1. The topological polar surface area (TPSA) is 78.9 Å². The Kier molecular flexibility index (Phi) is 7.44. The van der Waals surface area contributed by atoms with E-state index < -0.39 is 6.10 Å². The molecule has 0 radical (unpaired) electrons. The third kappa shape index (κ3) is 5.12. The van der Waals surface area contributed by atoms with Gasteiger partial charge in [0.15, 0.2) is 0 Å². The number of rotatable bonds is 5. The average Bonchev–Trinajstić information content (AvgIpc) is 2.81. The lowest BCUT2D eigenvalue weighted by molar-refractivity contribution is -0.153. The smallest absolute Gasteiger partial charge is 0.225 e. The number of amides is 2. The van der Waals surface area contributed by atoms with Crippen molar-refractivity contribution in [2.45, 2.75) is 65.0 Å². The summed E-state index contributed by atoms with van der Waals surface area (Å²) in [4.78, 5) is 27.8. The molecule has 2 aliphatic carbocycles. The SMILES string of the molecule is CC(C(=O)N1CCOCC1)C1CCC2(C)CCC(NC(=O)Cc3ccccc3)C(C)C2C1O. The Bertz CT molecular complexity index is 825. The first-order valence-corrected chi connectivity index (χ1v) is 12.7. The number of ether oxygens (including phenoxy) is 1. The fourth-order valence-electron chi connectivity index (χ4n) is 6.79. The van der Waals surface area contributed by atoms with Gasteiger partial charge in [0, 0.05) is 25.0 Å². The number of nitrogens with zero attached hydrogens (tertiary/aromatic N) is 1. The molecule has 4 rings (SSSR count). The zero-order chi connectivity index (χ0) is 23.6. The monoisotopic (exact) mass is 456 g/mol. The van der Waals surface area contributed by atoms with Crippen molar-refractivity contribution in [1.82, 2.24) is 10.2 Å². The molecule has 1 heterocycles. The van der Waals surface area contributed by atoms with Gasteiger partial charge >= 0.3 is 0 Å². The number of benzene rings is 1. The zero-order valence-electron chi connectivity index (χ0n) is 20.3. The molecule has 0 bridgehead atoms. The quantitative estimate of drug-likeness (QED) is 0.714. The Morgan fingerprint density at radius 1 is 1.18 bits per heavy atom. The molecule has 7 unspecified atom stereocenters. The van der Waals surface area contributed by atoms with Crippen LogP contribution in [0, 0.1) is 29.1 Å². The Balaban J connectivity index is 1.43. The molecule has 1 aromatic carbocycles. The summed E-state index contributed by atoms with van der Waals surface area (Å²) in [7, 11) is 0. The summed E-state index contributed by atoms with van der Waals surface area (Å²) in [5.74, 6) is 0.169. The third-order valence-corrected chi connectivity index (χ3v) is 8.80. The molecule has 2 N–H and O–H groups in total. The van der Waals surface area contributed by atoms with E-state index in [9.17, 15) is 14.7 Å². The Morgan fingerprint density at radius 3 is 2.55 bits per heavy atom. The van der Waals surface area contributed by atoms with Crippen molar-refractivity contribution in [2.24, 2.45) is 29.1 Å². The normalized spacial score (nSPS) is 35.4. The van der Waals surface area contributed by atoms with E-state index in [4.69, 9.17) is 4.74 Å². The molecule has 6 nitrogen and oxygen atoms in total. The van der Waals surface area contributed by atoms with Crippen LogP contribution in [0.15, 0.2) is 30.3 Å². The highest BCUT2D eigenvalue weighted by molar-refractivity contribution is 5.79. The average molecular weight is 457 g/mol. The van der Waals surface area contributed by atoms with E-state index in [1.165, 1.54) is 0 Å². The zero-order valence-corrected chi connectivity index (χ0v) is 20.3. The summed E-state index contributed by atoms with van der Waals surface area (Å²) in [6, 6.07) is 9.87. The molecule has 1 saturated heterocycles.